The van der Waals surface area contributed by atoms with Crippen LogP contribution in [0.15, 0.2) is 115 Å². The van der Waals surface area contributed by atoms with Crippen molar-refractivity contribution in [2.75, 3.05) is 19.1 Å². The molecule has 0 N–H and O–H groups in total. The van der Waals surface area contributed by atoms with Gasteiger partial charge in [-0.2, -0.15) is 0 Å². The Morgan fingerprint density at radius 1 is 0.600 bits per heavy atom. The number of rotatable bonds is 10. The Bertz CT molecular complexity index is 1230. The molecule has 35 heavy (non-hydrogen) atoms. The zero-order valence-corrected chi connectivity index (χ0v) is 20.2. The molecular weight excluding hydrogens is 456 g/mol. The molecule has 0 spiro atoms. The van der Waals surface area contributed by atoms with Gasteiger partial charge in [0.05, 0.1) is 5.56 Å². The summed E-state index contributed by atoms with van der Waals surface area (Å²) in [6, 6.07) is 37.7. The van der Waals surface area contributed by atoms with E-state index in [2.05, 4.69) is 36.4 Å². The lowest BCUT2D eigenvalue weighted by Crippen LogP contribution is -2.12. The van der Waals surface area contributed by atoms with Crippen LogP contribution in [0.25, 0.3) is 11.1 Å². The van der Waals surface area contributed by atoms with E-state index in [9.17, 15) is 4.79 Å². The van der Waals surface area contributed by atoms with Crippen LogP contribution in [0, 0.1) is 0 Å². The molecule has 0 aliphatic heterocycles. The zero-order valence-electron chi connectivity index (χ0n) is 19.4. The van der Waals surface area contributed by atoms with E-state index in [4.69, 9.17) is 21.1 Å². The fourth-order valence-electron chi connectivity index (χ4n) is 3.94. The second kappa shape index (κ2) is 12.6. The Balaban J connectivity index is 1.51. The average Bonchev–Trinajstić information content (AvgIpc) is 2.93. The third kappa shape index (κ3) is 6.62. The molecule has 0 bridgehead atoms. The normalized spacial score (nSPS) is 11.5. The van der Waals surface area contributed by atoms with Gasteiger partial charge in [-0.1, -0.05) is 91.0 Å². The Hall–Kier alpha value is -3.82. The molecule has 0 saturated heterocycles. The minimum atomic E-state index is -0.352. The van der Waals surface area contributed by atoms with E-state index in [0.29, 0.717) is 11.4 Å². The lowest BCUT2D eigenvalue weighted by Gasteiger charge is -2.17. The Kier molecular flexibility index (Phi) is 8.74. The zero-order chi connectivity index (χ0) is 24.3. The number of alkyl halides is 1. The largest absolute Gasteiger partial charge is 0.490 e. The van der Waals surface area contributed by atoms with Crippen molar-refractivity contribution < 1.29 is 14.3 Å². The van der Waals surface area contributed by atoms with Gasteiger partial charge in [0.1, 0.15) is 19.0 Å². The molecule has 0 aliphatic rings. The summed E-state index contributed by atoms with van der Waals surface area (Å²) in [5.41, 5.74) is 6.27. The first-order valence-corrected chi connectivity index (χ1v) is 12.1. The van der Waals surface area contributed by atoms with Gasteiger partial charge < -0.3 is 9.47 Å². The predicted molar refractivity (Wildman–Crippen MR) is 143 cm³/mol. The number of allylic oxidation sites excluding steroid dienone is 1. The molecule has 0 fully saturated rings. The number of carbonyl (C=O) groups is 1. The molecule has 0 amide bonds. The van der Waals surface area contributed by atoms with E-state index in [1.807, 2.05) is 66.7 Å². The van der Waals surface area contributed by atoms with E-state index in [-0.39, 0.29) is 19.2 Å². The van der Waals surface area contributed by atoms with Crippen molar-refractivity contribution in [1.29, 1.82) is 0 Å². The van der Waals surface area contributed by atoms with Crippen molar-refractivity contribution in [1.82, 2.24) is 0 Å². The highest BCUT2D eigenvalue weighted by molar-refractivity contribution is 6.18. The van der Waals surface area contributed by atoms with Crippen molar-refractivity contribution in [3.05, 3.63) is 138 Å². The van der Waals surface area contributed by atoms with Crippen LogP contribution in [0.3, 0.4) is 0 Å². The second-order valence-electron chi connectivity index (χ2n) is 7.90. The first kappa shape index (κ1) is 24.3. The van der Waals surface area contributed by atoms with Gasteiger partial charge in [0.15, 0.2) is 0 Å². The van der Waals surface area contributed by atoms with Crippen LogP contribution in [-0.2, 0) is 4.74 Å². The third-order valence-corrected chi connectivity index (χ3v) is 5.76. The van der Waals surface area contributed by atoms with Crippen LogP contribution in [0.5, 0.6) is 5.75 Å². The molecule has 0 saturated carbocycles. The van der Waals surface area contributed by atoms with Crippen molar-refractivity contribution in [3.8, 4) is 5.75 Å². The lowest BCUT2D eigenvalue weighted by atomic mass is 9.88. The molecule has 0 aliphatic carbocycles. The van der Waals surface area contributed by atoms with E-state index in [1.165, 1.54) is 5.57 Å². The number of ether oxygens (including phenoxy) is 2. The van der Waals surface area contributed by atoms with Gasteiger partial charge in [0.25, 0.3) is 0 Å². The highest BCUT2D eigenvalue weighted by Crippen LogP contribution is 2.35. The van der Waals surface area contributed by atoms with E-state index in [0.717, 1.165) is 34.4 Å². The molecular formula is C31H27ClO3. The predicted octanol–water partition coefficient (Wildman–Crippen LogP) is 7.51. The summed E-state index contributed by atoms with van der Waals surface area (Å²) < 4.78 is 11.1. The average molecular weight is 483 g/mol. The highest BCUT2D eigenvalue weighted by Gasteiger charge is 2.14. The fourth-order valence-corrected chi connectivity index (χ4v) is 4.13. The number of carbonyl (C=O) groups excluding carboxylic acids is 1. The summed E-state index contributed by atoms with van der Waals surface area (Å²) >= 11 is 6.23. The molecule has 0 aromatic heterocycles. The van der Waals surface area contributed by atoms with Crippen LogP contribution >= 0.6 is 11.6 Å². The van der Waals surface area contributed by atoms with Crippen LogP contribution < -0.4 is 4.74 Å². The van der Waals surface area contributed by atoms with Crippen molar-refractivity contribution in [3.63, 3.8) is 0 Å². The summed E-state index contributed by atoms with van der Waals surface area (Å²) in [4.78, 5) is 12.1. The topological polar surface area (TPSA) is 35.5 Å². The highest BCUT2D eigenvalue weighted by atomic mass is 35.5. The summed E-state index contributed by atoms with van der Waals surface area (Å²) in [6.07, 6.45) is 0.751. The molecule has 0 atom stereocenters. The van der Waals surface area contributed by atoms with Crippen molar-refractivity contribution in [2.45, 2.75) is 6.42 Å². The smallest absolute Gasteiger partial charge is 0.338 e. The van der Waals surface area contributed by atoms with Gasteiger partial charge in [-0.3, -0.25) is 0 Å². The summed E-state index contributed by atoms with van der Waals surface area (Å²) in [5, 5.41) is 0. The number of esters is 1. The molecule has 4 aromatic carbocycles. The van der Waals surface area contributed by atoms with Crippen molar-refractivity contribution >= 4 is 28.7 Å². The van der Waals surface area contributed by atoms with Crippen LogP contribution in [0.2, 0.25) is 0 Å². The van der Waals surface area contributed by atoms with E-state index >= 15 is 0 Å². The third-order valence-electron chi connectivity index (χ3n) is 5.57. The Labute approximate surface area is 211 Å². The molecule has 3 nitrogen and oxygen atoms in total. The molecule has 176 valence electrons. The Morgan fingerprint density at radius 2 is 1.11 bits per heavy atom. The second-order valence-corrected chi connectivity index (χ2v) is 8.28. The maximum absolute atomic E-state index is 12.1. The maximum atomic E-state index is 12.1. The lowest BCUT2D eigenvalue weighted by molar-refractivity contribution is 0.0450. The number of hydrogen-bond acceptors (Lipinski definition) is 3. The van der Waals surface area contributed by atoms with Gasteiger partial charge in [-0.05, 0) is 58.5 Å². The SMILES string of the molecule is O=C(OCCOc1ccc(C(=C(CCCl)c2ccccc2)c2ccccc2)cc1)c1ccccc1. The molecule has 4 rings (SSSR count). The monoisotopic (exact) mass is 482 g/mol. The first-order chi connectivity index (χ1) is 17.3. The number of benzene rings is 4. The van der Waals surface area contributed by atoms with Gasteiger partial charge in [0, 0.05) is 5.88 Å². The van der Waals surface area contributed by atoms with Gasteiger partial charge >= 0.3 is 5.97 Å². The van der Waals surface area contributed by atoms with Gasteiger partial charge in [-0.15, -0.1) is 11.6 Å². The van der Waals surface area contributed by atoms with E-state index < -0.39 is 0 Å². The summed E-state index contributed by atoms with van der Waals surface area (Å²) in [7, 11) is 0. The minimum Gasteiger partial charge on any atom is -0.490 e. The van der Waals surface area contributed by atoms with Gasteiger partial charge in [-0.25, -0.2) is 4.79 Å². The standard InChI is InChI=1S/C31H27ClO3/c32-21-20-29(24-10-4-1-5-11-24)30(25-12-6-2-7-13-25)26-16-18-28(19-17-26)34-22-23-35-31(33)27-14-8-3-9-15-27/h1-19H,20-23H2. The summed E-state index contributed by atoms with van der Waals surface area (Å²) in [6.45, 7) is 0.458. The molecule has 0 unspecified atom stereocenters. The van der Waals surface area contributed by atoms with Gasteiger partial charge in [0.2, 0.25) is 0 Å². The van der Waals surface area contributed by atoms with E-state index in [1.54, 1.807) is 12.1 Å². The molecule has 0 radical (unpaired) electrons. The van der Waals surface area contributed by atoms with Crippen LogP contribution in [0.1, 0.15) is 33.5 Å². The fraction of sp³-hybridized carbons (Fsp3) is 0.129. The quantitative estimate of drug-likeness (QED) is 0.101. The first-order valence-electron chi connectivity index (χ1n) is 11.6. The van der Waals surface area contributed by atoms with Crippen LogP contribution in [0.4, 0.5) is 0 Å². The Morgan fingerprint density at radius 3 is 1.69 bits per heavy atom. The summed E-state index contributed by atoms with van der Waals surface area (Å²) in [5.74, 6) is 0.897. The number of halogens is 1. The molecule has 4 aromatic rings. The maximum Gasteiger partial charge on any atom is 0.338 e. The minimum absolute atomic E-state index is 0.179. The number of hydrogen-bond donors (Lipinski definition) is 0. The molecule has 4 heteroatoms. The van der Waals surface area contributed by atoms with Crippen LogP contribution in [-0.4, -0.2) is 25.1 Å². The molecule has 0 heterocycles. The van der Waals surface area contributed by atoms with Crippen molar-refractivity contribution in [2.24, 2.45) is 0 Å².